The van der Waals surface area contributed by atoms with Crippen LogP contribution in [-0.2, 0) is 0 Å². The van der Waals surface area contributed by atoms with Crippen LogP contribution in [0.3, 0.4) is 0 Å². The zero-order valence-electron chi connectivity index (χ0n) is 9.03. The van der Waals surface area contributed by atoms with Crippen LogP contribution in [0.15, 0.2) is 30.6 Å². The Morgan fingerprint density at radius 3 is 1.38 bits per heavy atom. The molecule has 0 N–H and O–H groups in total. The van der Waals surface area contributed by atoms with Gasteiger partial charge in [-0.1, -0.05) is 45.8 Å². The zero-order valence-corrected chi connectivity index (χ0v) is 9.03. The van der Waals surface area contributed by atoms with Crippen molar-refractivity contribution in [2.75, 3.05) is 0 Å². The van der Waals surface area contributed by atoms with Crippen LogP contribution < -0.4 is 0 Å². The second kappa shape index (κ2) is 9.30. The van der Waals surface area contributed by atoms with Gasteiger partial charge in [0, 0.05) is 12.4 Å². The molecular formula is C11H20BN. The highest BCUT2D eigenvalue weighted by atomic mass is 14.6. The van der Waals surface area contributed by atoms with E-state index in [1.54, 1.807) is 12.4 Å². The highest BCUT2D eigenvalue weighted by molar-refractivity contribution is 6.58. The zero-order chi connectivity index (χ0) is 9.94. The van der Waals surface area contributed by atoms with E-state index < -0.39 is 0 Å². The van der Waals surface area contributed by atoms with Crippen molar-refractivity contribution >= 4 is 6.71 Å². The third kappa shape index (κ3) is 7.57. The van der Waals surface area contributed by atoms with Crippen LogP contribution in [0.25, 0.3) is 0 Å². The number of rotatable bonds is 3. The van der Waals surface area contributed by atoms with Gasteiger partial charge in [-0.2, -0.15) is 0 Å². The molecule has 1 heterocycles. The number of hydrogen-bond acceptors (Lipinski definition) is 1. The summed E-state index contributed by atoms with van der Waals surface area (Å²) in [6, 6.07) is 5.72. The standard InChI is InChI=1S/C6H15B.C5H5N/c1-4-7(5-2)6-3;1-2-4-6-5-3-1/h4-6H2,1-3H3;1-5H. The quantitative estimate of drug-likeness (QED) is 0.642. The normalized spacial score (nSPS) is 8.54. The van der Waals surface area contributed by atoms with Crippen molar-refractivity contribution in [2.24, 2.45) is 0 Å². The lowest BCUT2D eigenvalue weighted by Crippen LogP contribution is -2.04. The minimum atomic E-state index is 0.986. The van der Waals surface area contributed by atoms with Crippen LogP contribution in [-0.4, -0.2) is 11.7 Å². The minimum Gasteiger partial charge on any atom is -0.265 e. The molecular weight excluding hydrogens is 157 g/mol. The van der Waals surface area contributed by atoms with Gasteiger partial charge in [0.1, 0.15) is 6.71 Å². The molecule has 0 saturated carbocycles. The number of pyridine rings is 1. The first kappa shape index (κ1) is 12.2. The van der Waals surface area contributed by atoms with Gasteiger partial charge in [0.25, 0.3) is 0 Å². The Bertz CT molecular complexity index is 140. The molecule has 0 saturated heterocycles. The molecule has 0 aromatic carbocycles. The van der Waals surface area contributed by atoms with Gasteiger partial charge < -0.3 is 0 Å². The Labute approximate surface area is 82.7 Å². The van der Waals surface area contributed by atoms with Crippen molar-refractivity contribution in [1.29, 1.82) is 0 Å². The maximum Gasteiger partial charge on any atom is 0.139 e. The fraction of sp³-hybridized carbons (Fsp3) is 0.545. The predicted octanol–water partition coefficient (Wildman–Crippen LogP) is 3.62. The molecule has 72 valence electrons. The van der Waals surface area contributed by atoms with Crippen molar-refractivity contribution in [1.82, 2.24) is 4.98 Å². The smallest absolute Gasteiger partial charge is 0.139 e. The Kier molecular flexibility index (Phi) is 8.74. The van der Waals surface area contributed by atoms with Crippen molar-refractivity contribution in [3.05, 3.63) is 30.6 Å². The molecule has 0 radical (unpaired) electrons. The first-order chi connectivity index (χ1) is 6.35. The summed E-state index contributed by atoms with van der Waals surface area (Å²) in [4.78, 5) is 3.78. The lowest BCUT2D eigenvalue weighted by Gasteiger charge is -2.00. The highest BCUT2D eigenvalue weighted by Crippen LogP contribution is 2.01. The Balaban J connectivity index is 0.000000223. The third-order valence-corrected chi connectivity index (χ3v) is 2.30. The molecule has 0 aliphatic carbocycles. The van der Waals surface area contributed by atoms with Crippen LogP contribution in [0, 0.1) is 0 Å². The Morgan fingerprint density at radius 1 is 0.846 bits per heavy atom. The summed E-state index contributed by atoms with van der Waals surface area (Å²) in [5.41, 5.74) is 0. The van der Waals surface area contributed by atoms with E-state index in [9.17, 15) is 0 Å². The van der Waals surface area contributed by atoms with Gasteiger partial charge in [-0.25, -0.2) is 0 Å². The van der Waals surface area contributed by atoms with Crippen LogP contribution in [0.1, 0.15) is 20.8 Å². The largest absolute Gasteiger partial charge is 0.265 e. The summed E-state index contributed by atoms with van der Waals surface area (Å²) in [5.74, 6) is 0. The molecule has 0 fully saturated rings. The molecule has 2 heteroatoms. The molecule has 1 nitrogen and oxygen atoms in total. The van der Waals surface area contributed by atoms with E-state index in [1.165, 1.54) is 19.0 Å². The van der Waals surface area contributed by atoms with E-state index in [1.807, 2.05) is 18.2 Å². The van der Waals surface area contributed by atoms with Gasteiger partial charge in [0.15, 0.2) is 0 Å². The topological polar surface area (TPSA) is 12.9 Å². The molecule has 1 rings (SSSR count). The molecule has 1 aromatic heterocycles. The molecule has 0 unspecified atom stereocenters. The Morgan fingerprint density at radius 2 is 1.31 bits per heavy atom. The fourth-order valence-corrected chi connectivity index (χ4v) is 1.18. The lowest BCUT2D eigenvalue weighted by molar-refractivity contribution is 1.24. The summed E-state index contributed by atoms with van der Waals surface area (Å²) in [5, 5.41) is 0. The summed E-state index contributed by atoms with van der Waals surface area (Å²) in [7, 11) is 0. The summed E-state index contributed by atoms with van der Waals surface area (Å²) < 4.78 is 0. The second-order valence-electron chi connectivity index (χ2n) is 3.12. The second-order valence-corrected chi connectivity index (χ2v) is 3.12. The fourth-order valence-electron chi connectivity index (χ4n) is 1.18. The maximum absolute atomic E-state index is 3.78. The molecule has 0 aliphatic rings. The lowest BCUT2D eigenvalue weighted by atomic mass is 9.44. The SMILES string of the molecule is CCB(CC)CC.c1ccncc1. The first-order valence-corrected chi connectivity index (χ1v) is 5.20. The van der Waals surface area contributed by atoms with Crippen molar-refractivity contribution in [3.63, 3.8) is 0 Å². The average Bonchev–Trinajstić information content (AvgIpc) is 2.24. The van der Waals surface area contributed by atoms with Crippen LogP contribution in [0.4, 0.5) is 0 Å². The van der Waals surface area contributed by atoms with E-state index >= 15 is 0 Å². The van der Waals surface area contributed by atoms with Gasteiger partial charge in [-0.15, -0.1) is 0 Å². The molecule has 1 aromatic rings. The molecule has 0 aliphatic heterocycles. The molecule has 0 atom stereocenters. The first-order valence-electron chi connectivity index (χ1n) is 5.20. The molecule has 0 bridgehead atoms. The van der Waals surface area contributed by atoms with Gasteiger partial charge in [0.2, 0.25) is 0 Å². The van der Waals surface area contributed by atoms with E-state index in [0.717, 1.165) is 6.71 Å². The van der Waals surface area contributed by atoms with Crippen molar-refractivity contribution < 1.29 is 0 Å². The van der Waals surface area contributed by atoms with E-state index in [2.05, 4.69) is 25.8 Å². The van der Waals surface area contributed by atoms with Crippen molar-refractivity contribution in [2.45, 2.75) is 39.7 Å². The molecule has 13 heavy (non-hydrogen) atoms. The maximum atomic E-state index is 3.78. The molecule has 0 spiro atoms. The van der Waals surface area contributed by atoms with Gasteiger partial charge >= 0.3 is 0 Å². The average molecular weight is 177 g/mol. The minimum absolute atomic E-state index is 0.986. The van der Waals surface area contributed by atoms with E-state index in [-0.39, 0.29) is 0 Å². The van der Waals surface area contributed by atoms with Crippen LogP contribution >= 0.6 is 0 Å². The number of aromatic nitrogens is 1. The van der Waals surface area contributed by atoms with Crippen LogP contribution in [0.2, 0.25) is 19.0 Å². The van der Waals surface area contributed by atoms with Gasteiger partial charge in [-0.3, -0.25) is 4.98 Å². The Hall–Kier alpha value is -0.785. The van der Waals surface area contributed by atoms with Crippen LogP contribution in [0.5, 0.6) is 0 Å². The van der Waals surface area contributed by atoms with Crippen molar-refractivity contribution in [3.8, 4) is 0 Å². The van der Waals surface area contributed by atoms with Gasteiger partial charge in [0.05, 0.1) is 0 Å². The summed E-state index contributed by atoms with van der Waals surface area (Å²) in [6.45, 7) is 7.77. The van der Waals surface area contributed by atoms with E-state index in [4.69, 9.17) is 0 Å². The number of hydrogen-bond donors (Lipinski definition) is 0. The van der Waals surface area contributed by atoms with E-state index in [0.29, 0.717) is 0 Å². The third-order valence-electron chi connectivity index (χ3n) is 2.30. The highest BCUT2D eigenvalue weighted by Gasteiger charge is 2.01. The summed E-state index contributed by atoms with van der Waals surface area (Å²) in [6.07, 6.45) is 7.56. The predicted molar refractivity (Wildman–Crippen MR) is 61.4 cm³/mol. The van der Waals surface area contributed by atoms with Gasteiger partial charge in [-0.05, 0) is 12.1 Å². The monoisotopic (exact) mass is 177 g/mol. The summed E-state index contributed by atoms with van der Waals surface area (Å²) >= 11 is 0. The molecule has 0 amide bonds. The number of nitrogens with zero attached hydrogens (tertiary/aromatic N) is 1.